The minimum Gasteiger partial charge on any atom is -0.444 e. The predicted octanol–water partition coefficient (Wildman–Crippen LogP) is 2.16. The van der Waals surface area contributed by atoms with E-state index in [9.17, 15) is 9.59 Å². The number of alkyl carbamates (subject to hydrolysis) is 1. The number of ether oxygens (including phenoxy) is 1. The first-order chi connectivity index (χ1) is 9.35. The predicted molar refractivity (Wildman–Crippen MR) is 76.5 cm³/mol. The van der Waals surface area contributed by atoms with Crippen LogP contribution >= 0.6 is 0 Å². The van der Waals surface area contributed by atoms with Crippen molar-refractivity contribution in [1.82, 2.24) is 5.32 Å². The zero-order chi connectivity index (χ0) is 14.8. The molecule has 0 aromatic carbocycles. The molecule has 0 radical (unpaired) electrons. The number of allylic oxidation sites excluding steroid dienone is 4. The third kappa shape index (κ3) is 3.66. The highest BCUT2D eigenvalue weighted by Gasteiger charge is 2.24. The summed E-state index contributed by atoms with van der Waals surface area (Å²) in [5, 5.41) is 2.67. The smallest absolute Gasteiger partial charge is 0.407 e. The zero-order valence-electron chi connectivity index (χ0n) is 11.8. The van der Waals surface area contributed by atoms with Gasteiger partial charge in [0.15, 0.2) is 0 Å². The molecule has 5 heteroatoms. The largest absolute Gasteiger partial charge is 0.444 e. The molecule has 0 bridgehead atoms. The lowest BCUT2D eigenvalue weighted by molar-refractivity contribution is -0.113. The van der Waals surface area contributed by atoms with Gasteiger partial charge in [-0.25, -0.2) is 9.79 Å². The number of fused-ring (bicyclic) bond motifs is 1. The van der Waals surface area contributed by atoms with E-state index in [1.807, 2.05) is 24.3 Å². The highest BCUT2D eigenvalue weighted by atomic mass is 16.6. The molecule has 2 rings (SSSR count). The monoisotopic (exact) mass is 274 g/mol. The summed E-state index contributed by atoms with van der Waals surface area (Å²) in [6.07, 6.45) is 8.48. The number of rotatable bonds is 2. The van der Waals surface area contributed by atoms with Gasteiger partial charge in [-0.15, -0.1) is 0 Å². The summed E-state index contributed by atoms with van der Waals surface area (Å²) in [6.45, 7) is 5.67. The number of carbonyl (C=O) groups is 2. The van der Waals surface area contributed by atoms with Crippen molar-refractivity contribution in [3.8, 4) is 0 Å². The van der Waals surface area contributed by atoms with Gasteiger partial charge in [0.2, 0.25) is 0 Å². The molecule has 5 nitrogen and oxygen atoms in total. The number of nitrogens with zero attached hydrogens (tertiary/aromatic N) is 1. The van der Waals surface area contributed by atoms with E-state index < -0.39 is 11.7 Å². The number of aliphatic imine (C=N–C) groups is 1. The van der Waals surface area contributed by atoms with Gasteiger partial charge in [0.05, 0.1) is 5.71 Å². The number of nitrogens with one attached hydrogen (secondary N) is 1. The van der Waals surface area contributed by atoms with E-state index in [0.717, 1.165) is 5.57 Å². The Morgan fingerprint density at radius 1 is 1.40 bits per heavy atom. The van der Waals surface area contributed by atoms with Crippen LogP contribution in [-0.2, 0) is 9.53 Å². The summed E-state index contributed by atoms with van der Waals surface area (Å²) in [5.74, 6) is -0.343. The SMILES string of the molecule is CC(C)(C)OC(=O)NCC1=CC(=O)N=C2C=CC=CC12. The molecule has 106 valence electrons. The van der Waals surface area contributed by atoms with Gasteiger partial charge in [0.25, 0.3) is 5.91 Å². The van der Waals surface area contributed by atoms with Gasteiger partial charge in [0, 0.05) is 18.5 Å². The third-order valence-corrected chi connectivity index (χ3v) is 2.78. The fraction of sp³-hybridized carbons (Fsp3) is 0.400. The van der Waals surface area contributed by atoms with Crippen molar-refractivity contribution >= 4 is 17.7 Å². The van der Waals surface area contributed by atoms with E-state index in [2.05, 4.69) is 10.3 Å². The van der Waals surface area contributed by atoms with Crippen molar-refractivity contribution in [2.24, 2.45) is 10.9 Å². The molecule has 0 aromatic heterocycles. The Kier molecular flexibility index (Phi) is 3.88. The first-order valence-electron chi connectivity index (χ1n) is 6.50. The summed E-state index contributed by atoms with van der Waals surface area (Å²) in [6, 6.07) is 0. The van der Waals surface area contributed by atoms with E-state index in [0.29, 0.717) is 5.71 Å². The van der Waals surface area contributed by atoms with Gasteiger partial charge in [-0.05, 0) is 32.4 Å². The molecule has 20 heavy (non-hydrogen) atoms. The minimum absolute atomic E-state index is 0.0485. The van der Waals surface area contributed by atoms with Gasteiger partial charge in [0.1, 0.15) is 5.60 Å². The highest BCUT2D eigenvalue weighted by Crippen LogP contribution is 2.22. The van der Waals surface area contributed by atoms with Crippen LogP contribution in [0, 0.1) is 5.92 Å². The van der Waals surface area contributed by atoms with Gasteiger partial charge < -0.3 is 10.1 Å². The molecule has 1 unspecified atom stereocenters. The topological polar surface area (TPSA) is 67.8 Å². The number of amides is 2. The summed E-state index contributed by atoms with van der Waals surface area (Å²) in [7, 11) is 0. The molecule has 2 aliphatic rings. The van der Waals surface area contributed by atoms with Crippen LogP contribution in [0.3, 0.4) is 0 Å². The molecule has 1 heterocycles. The third-order valence-electron chi connectivity index (χ3n) is 2.78. The normalized spacial score (nSPS) is 20.9. The molecular formula is C15H18N2O3. The van der Waals surface area contributed by atoms with Gasteiger partial charge in [-0.2, -0.15) is 0 Å². The number of carbonyl (C=O) groups excluding carboxylic acids is 2. The van der Waals surface area contributed by atoms with Gasteiger partial charge in [-0.1, -0.05) is 18.2 Å². The molecule has 0 spiro atoms. The lowest BCUT2D eigenvalue weighted by atomic mass is 9.88. The van der Waals surface area contributed by atoms with Crippen LogP contribution in [-0.4, -0.2) is 29.9 Å². The maximum atomic E-state index is 11.6. The second-order valence-electron chi connectivity index (χ2n) is 5.67. The van der Waals surface area contributed by atoms with Crippen molar-refractivity contribution in [3.05, 3.63) is 36.0 Å². The molecule has 0 saturated heterocycles. The van der Waals surface area contributed by atoms with E-state index >= 15 is 0 Å². The fourth-order valence-electron chi connectivity index (χ4n) is 2.01. The first-order valence-corrected chi connectivity index (χ1v) is 6.50. The Morgan fingerprint density at radius 3 is 2.85 bits per heavy atom. The molecule has 2 amide bonds. The molecule has 1 atom stereocenters. The second-order valence-corrected chi connectivity index (χ2v) is 5.67. The van der Waals surface area contributed by atoms with E-state index in [4.69, 9.17) is 4.74 Å². The molecule has 0 fully saturated rings. The number of hydrogen-bond acceptors (Lipinski definition) is 3. The lowest BCUT2D eigenvalue weighted by Crippen LogP contribution is -2.35. The quantitative estimate of drug-likeness (QED) is 0.839. The van der Waals surface area contributed by atoms with Crippen molar-refractivity contribution in [2.75, 3.05) is 6.54 Å². The summed E-state index contributed by atoms with van der Waals surface area (Å²) in [5.41, 5.74) is 0.980. The van der Waals surface area contributed by atoms with Crippen molar-refractivity contribution < 1.29 is 14.3 Å². The first kappa shape index (κ1) is 14.2. The van der Waals surface area contributed by atoms with Crippen LogP contribution in [0.4, 0.5) is 4.79 Å². The Morgan fingerprint density at radius 2 is 2.15 bits per heavy atom. The molecule has 1 N–H and O–H groups in total. The van der Waals surface area contributed by atoms with Crippen LogP contribution in [0.15, 0.2) is 40.9 Å². The summed E-state index contributed by atoms with van der Waals surface area (Å²) >= 11 is 0. The highest BCUT2D eigenvalue weighted by molar-refractivity contribution is 6.12. The van der Waals surface area contributed by atoms with Crippen LogP contribution in [0.25, 0.3) is 0 Å². The van der Waals surface area contributed by atoms with Crippen LogP contribution in [0.5, 0.6) is 0 Å². The average molecular weight is 274 g/mol. The summed E-state index contributed by atoms with van der Waals surface area (Å²) < 4.78 is 5.17. The molecule has 1 aliphatic heterocycles. The van der Waals surface area contributed by atoms with Crippen molar-refractivity contribution in [1.29, 1.82) is 0 Å². The molecular weight excluding hydrogens is 256 g/mol. The molecule has 0 aromatic rings. The number of dihydropyridines is 1. The Balaban J connectivity index is 1.99. The second kappa shape index (κ2) is 5.45. The lowest BCUT2D eigenvalue weighted by Gasteiger charge is -2.24. The van der Waals surface area contributed by atoms with Crippen LogP contribution in [0.1, 0.15) is 20.8 Å². The van der Waals surface area contributed by atoms with E-state index in [1.165, 1.54) is 6.08 Å². The maximum absolute atomic E-state index is 11.6. The Labute approximate surface area is 118 Å². The van der Waals surface area contributed by atoms with Gasteiger partial charge in [-0.3, -0.25) is 4.79 Å². The van der Waals surface area contributed by atoms with E-state index in [1.54, 1.807) is 20.8 Å². The van der Waals surface area contributed by atoms with Crippen LogP contribution in [0.2, 0.25) is 0 Å². The minimum atomic E-state index is -0.541. The average Bonchev–Trinajstić information content (AvgIpc) is 2.33. The molecule has 1 aliphatic carbocycles. The standard InChI is InChI=1S/C15H18N2O3/c1-15(2,3)20-14(19)16-9-10-8-13(18)17-12-7-5-4-6-11(10)12/h4-8,11H,9H2,1-3H3,(H,16,19). The van der Waals surface area contributed by atoms with Crippen molar-refractivity contribution in [3.63, 3.8) is 0 Å². The maximum Gasteiger partial charge on any atom is 0.407 e. The van der Waals surface area contributed by atoms with Crippen molar-refractivity contribution in [2.45, 2.75) is 26.4 Å². The zero-order valence-corrected chi connectivity index (χ0v) is 11.8. The van der Waals surface area contributed by atoms with E-state index in [-0.39, 0.29) is 18.4 Å². The van der Waals surface area contributed by atoms with Crippen LogP contribution < -0.4 is 5.32 Å². The Bertz CT molecular complexity index is 548. The number of hydrogen-bond donors (Lipinski definition) is 1. The Hall–Kier alpha value is -2.17. The van der Waals surface area contributed by atoms with Gasteiger partial charge >= 0.3 is 6.09 Å². The molecule has 0 saturated carbocycles. The fourth-order valence-corrected chi connectivity index (χ4v) is 2.01. The summed E-state index contributed by atoms with van der Waals surface area (Å²) in [4.78, 5) is 27.1.